The van der Waals surface area contributed by atoms with Gasteiger partial charge in [0.15, 0.2) is 0 Å². The van der Waals surface area contributed by atoms with E-state index in [1.807, 2.05) is 62.4 Å². The van der Waals surface area contributed by atoms with E-state index in [-0.39, 0.29) is 5.88 Å². The van der Waals surface area contributed by atoms with E-state index in [9.17, 15) is 5.11 Å². The molecule has 24 heavy (non-hydrogen) atoms. The van der Waals surface area contributed by atoms with E-state index in [0.717, 1.165) is 27.4 Å². The number of aliphatic hydroxyl groups is 1. The molecule has 5 heteroatoms. The first-order valence-corrected chi connectivity index (χ1v) is 8.23. The second kappa shape index (κ2) is 8.13. The molecule has 0 aromatic heterocycles. The molecule has 0 amide bonds. The van der Waals surface area contributed by atoms with Crippen LogP contribution in [0.15, 0.2) is 72.3 Å². The summed E-state index contributed by atoms with van der Waals surface area (Å²) in [7, 11) is 0. The first-order chi connectivity index (χ1) is 11.4. The Morgan fingerprint density at radius 1 is 1.08 bits per heavy atom. The van der Waals surface area contributed by atoms with Gasteiger partial charge >= 0.3 is 0 Å². The molecule has 2 aromatic carbocycles. The van der Waals surface area contributed by atoms with Crippen molar-refractivity contribution in [3.8, 4) is 0 Å². The molecule has 2 aromatic rings. The van der Waals surface area contributed by atoms with Crippen molar-refractivity contribution in [3.05, 3.63) is 93.4 Å². The lowest BCUT2D eigenvalue weighted by atomic mass is 10.2. The number of hydrogen-bond donors (Lipinski definition) is 2. The Kier molecular flexibility index (Phi) is 6.18. The second-order valence-corrected chi connectivity index (χ2v) is 6.34. The minimum Gasteiger partial charge on any atom is -0.493 e. The number of nitrogens with zero attached hydrogens (tertiary/aromatic N) is 1. The van der Waals surface area contributed by atoms with Crippen LogP contribution >= 0.6 is 23.2 Å². The molecular formula is C19H20Cl2N2O. The molecule has 1 heterocycles. The molecule has 0 atom stereocenters. The van der Waals surface area contributed by atoms with E-state index in [1.165, 1.54) is 0 Å². The van der Waals surface area contributed by atoms with Crippen molar-refractivity contribution in [2.24, 2.45) is 0 Å². The van der Waals surface area contributed by atoms with Crippen LogP contribution < -0.4 is 5.43 Å². The molecule has 0 radical (unpaired) electrons. The van der Waals surface area contributed by atoms with Gasteiger partial charge < -0.3 is 5.11 Å². The van der Waals surface area contributed by atoms with Gasteiger partial charge in [0.25, 0.3) is 0 Å². The Morgan fingerprint density at radius 3 is 2.29 bits per heavy atom. The number of benzene rings is 2. The summed E-state index contributed by atoms with van der Waals surface area (Å²) in [5.41, 5.74) is 6.58. The Balaban J connectivity index is 0.000000219. The van der Waals surface area contributed by atoms with E-state index in [0.29, 0.717) is 11.6 Å². The number of aliphatic hydroxyl groups excluding tert-OH is 1. The monoisotopic (exact) mass is 362 g/mol. The van der Waals surface area contributed by atoms with E-state index in [2.05, 4.69) is 12.0 Å². The number of hydrogen-bond acceptors (Lipinski definition) is 3. The average Bonchev–Trinajstić information content (AvgIpc) is 2.78. The molecular weight excluding hydrogens is 343 g/mol. The minimum absolute atomic E-state index is 0.159. The fourth-order valence-electron chi connectivity index (χ4n) is 2.12. The fraction of sp³-hybridized carbons (Fsp3) is 0.158. The summed E-state index contributed by atoms with van der Waals surface area (Å²) in [4.78, 5) is 0. The van der Waals surface area contributed by atoms with Gasteiger partial charge in [0.05, 0.1) is 12.2 Å². The number of hydrazine groups is 1. The predicted octanol–water partition coefficient (Wildman–Crippen LogP) is 5.61. The highest BCUT2D eigenvalue weighted by atomic mass is 35.5. The van der Waals surface area contributed by atoms with Crippen molar-refractivity contribution in [2.45, 2.75) is 20.4 Å². The Hall–Kier alpha value is -2.10. The van der Waals surface area contributed by atoms with Crippen LogP contribution in [-0.4, -0.2) is 10.1 Å². The number of rotatable bonds is 2. The van der Waals surface area contributed by atoms with E-state index >= 15 is 0 Å². The number of aryl methyl sites for hydroxylation is 1. The van der Waals surface area contributed by atoms with Crippen molar-refractivity contribution in [1.29, 1.82) is 0 Å². The number of halogens is 2. The summed E-state index contributed by atoms with van der Waals surface area (Å²) in [5.74, 6) is 0.159. The van der Waals surface area contributed by atoms with Crippen molar-refractivity contribution < 1.29 is 5.11 Å². The van der Waals surface area contributed by atoms with Gasteiger partial charge in [-0.2, -0.15) is 0 Å². The largest absolute Gasteiger partial charge is 0.493 e. The summed E-state index contributed by atoms with van der Waals surface area (Å²) in [5, 5.41) is 12.8. The molecule has 0 bridgehead atoms. The van der Waals surface area contributed by atoms with Crippen molar-refractivity contribution in [2.75, 3.05) is 0 Å². The van der Waals surface area contributed by atoms with Crippen LogP contribution in [-0.2, 0) is 6.54 Å². The van der Waals surface area contributed by atoms with Crippen LogP contribution in [0.3, 0.4) is 0 Å². The zero-order chi connectivity index (χ0) is 17.7. The topological polar surface area (TPSA) is 35.5 Å². The van der Waals surface area contributed by atoms with Gasteiger partial charge in [-0.25, -0.2) is 0 Å². The quantitative estimate of drug-likeness (QED) is 0.728. The third-order valence-electron chi connectivity index (χ3n) is 3.66. The molecule has 1 aliphatic rings. The highest BCUT2D eigenvalue weighted by molar-refractivity contribution is 6.31. The van der Waals surface area contributed by atoms with Crippen molar-refractivity contribution >= 4 is 23.2 Å². The molecule has 0 spiro atoms. The van der Waals surface area contributed by atoms with Gasteiger partial charge in [0.1, 0.15) is 0 Å². The highest BCUT2D eigenvalue weighted by Gasteiger charge is 2.21. The SMILES string of the molecule is C=C1C(C)=C(O)NN1Cc1cccc(Cl)c1.Cc1ccccc1Cl. The minimum atomic E-state index is 0.159. The smallest absolute Gasteiger partial charge is 0.208 e. The summed E-state index contributed by atoms with van der Waals surface area (Å²) in [6, 6.07) is 15.4. The summed E-state index contributed by atoms with van der Waals surface area (Å²) >= 11 is 11.6. The van der Waals surface area contributed by atoms with E-state index in [1.54, 1.807) is 5.01 Å². The molecule has 0 unspecified atom stereocenters. The maximum absolute atomic E-state index is 9.51. The van der Waals surface area contributed by atoms with Gasteiger partial charge in [-0.1, -0.05) is 60.1 Å². The van der Waals surface area contributed by atoms with Gasteiger partial charge in [-0.3, -0.25) is 10.4 Å². The van der Waals surface area contributed by atoms with Crippen LogP contribution in [0, 0.1) is 6.92 Å². The first-order valence-electron chi connectivity index (χ1n) is 7.47. The van der Waals surface area contributed by atoms with Gasteiger partial charge in [-0.05, 0) is 43.2 Å². The first kappa shape index (κ1) is 18.2. The fourth-order valence-corrected chi connectivity index (χ4v) is 2.47. The lowest BCUT2D eigenvalue weighted by molar-refractivity contribution is 0.233. The van der Waals surface area contributed by atoms with Crippen molar-refractivity contribution in [3.63, 3.8) is 0 Å². The predicted molar refractivity (Wildman–Crippen MR) is 101 cm³/mol. The average molecular weight is 363 g/mol. The molecule has 2 N–H and O–H groups in total. The molecule has 1 aliphatic heterocycles. The third-order valence-corrected chi connectivity index (χ3v) is 4.32. The molecule has 3 rings (SSSR count). The molecule has 0 saturated heterocycles. The van der Waals surface area contributed by atoms with Crippen molar-refractivity contribution in [1.82, 2.24) is 10.4 Å². The molecule has 3 nitrogen and oxygen atoms in total. The molecule has 0 saturated carbocycles. The van der Waals surface area contributed by atoms with Gasteiger partial charge in [0.2, 0.25) is 5.88 Å². The molecule has 0 aliphatic carbocycles. The number of allylic oxidation sites excluding steroid dienone is 1. The van der Waals surface area contributed by atoms with Gasteiger partial charge in [0, 0.05) is 15.6 Å². The van der Waals surface area contributed by atoms with Crippen LogP contribution in [0.4, 0.5) is 0 Å². The molecule has 0 fully saturated rings. The lowest BCUT2D eigenvalue weighted by Crippen LogP contribution is -2.30. The molecule has 126 valence electrons. The van der Waals surface area contributed by atoms with E-state index in [4.69, 9.17) is 23.2 Å². The second-order valence-electron chi connectivity index (χ2n) is 5.50. The lowest BCUT2D eigenvalue weighted by Gasteiger charge is -2.20. The highest BCUT2D eigenvalue weighted by Crippen LogP contribution is 2.23. The van der Waals surface area contributed by atoms with Crippen LogP contribution in [0.5, 0.6) is 0 Å². The Labute approximate surface area is 152 Å². The summed E-state index contributed by atoms with van der Waals surface area (Å²) in [6.45, 7) is 8.32. The summed E-state index contributed by atoms with van der Waals surface area (Å²) in [6.07, 6.45) is 0. The normalized spacial score (nSPS) is 13.5. The standard InChI is InChI=1S/C12H13ClN2O.C7H7Cl/c1-8-9(2)15(14-12(8)16)7-10-4-3-5-11(13)6-10;1-6-4-2-3-5-7(6)8/h3-6,14,16H,2,7H2,1H3;2-5H,1H3. The zero-order valence-corrected chi connectivity index (χ0v) is 15.2. The van der Waals surface area contributed by atoms with E-state index < -0.39 is 0 Å². The third kappa shape index (κ3) is 4.70. The maximum Gasteiger partial charge on any atom is 0.208 e. The van der Waals surface area contributed by atoms with Gasteiger partial charge in [-0.15, -0.1) is 0 Å². The maximum atomic E-state index is 9.51. The Morgan fingerprint density at radius 2 is 1.79 bits per heavy atom. The van der Waals surface area contributed by atoms with Crippen LogP contribution in [0.25, 0.3) is 0 Å². The zero-order valence-electron chi connectivity index (χ0n) is 13.7. The van der Waals surface area contributed by atoms with Crippen LogP contribution in [0.2, 0.25) is 10.0 Å². The Bertz CT molecular complexity index is 750. The van der Waals surface area contributed by atoms with Crippen LogP contribution in [0.1, 0.15) is 18.1 Å². The summed E-state index contributed by atoms with van der Waals surface area (Å²) < 4.78 is 0. The number of nitrogens with one attached hydrogen (secondary N) is 1.